The van der Waals surface area contributed by atoms with Gasteiger partial charge in [0.05, 0.1) is 0 Å². The van der Waals surface area contributed by atoms with Gasteiger partial charge in [-0.2, -0.15) is 0 Å². The van der Waals surface area contributed by atoms with Gasteiger partial charge < -0.3 is 15.2 Å². The lowest BCUT2D eigenvalue weighted by Crippen LogP contribution is -2.45. The van der Waals surface area contributed by atoms with Gasteiger partial charge in [0, 0.05) is 39.0 Å². The van der Waals surface area contributed by atoms with E-state index in [9.17, 15) is 0 Å². The van der Waals surface area contributed by atoms with Crippen molar-refractivity contribution in [1.29, 1.82) is 0 Å². The van der Waals surface area contributed by atoms with E-state index in [0.29, 0.717) is 11.5 Å². The van der Waals surface area contributed by atoms with E-state index in [1.54, 1.807) is 0 Å². The molecule has 0 unspecified atom stereocenters. The smallest absolute Gasteiger partial charge is 0.191 e. The minimum atomic E-state index is 0.505. The quantitative estimate of drug-likeness (QED) is 0.481. The summed E-state index contributed by atoms with van der Waals surface area (Å²) in [5.41, 5.74) is 0.505. The average Bonchev–Trinajstić information content (AvgIpc) is 2.85. The molecule has 6 heteroatoms. The van der Waals surface area contributed by atoms with E-state index in [1.165, 1.54) is 50.8 Å². The number of rotatable bonds is 5. The molecule has 146 valence electrons. The minimum absolute atomic E-state index is 0.505. The van der Waals surface area contributed by atoms with Gasteiger partial charge in [0.1, 0.15) is 11.6 Å². The molecule has 0 radical (unpaired) electrons. The lowest BCUT2D eigenvalue weighted by molar-refractivity contribution is 0.216. The van der Waals surface area contributed by atoms with Crippen molar-refractivity contribution in [2.24, 2.45) is 10.4 Å². The second-order valence-electron chi connectivity index (χ2n) is 8.68. The summed E-state index contributed by atoms with van der Waals surface area (Å²) in [6, 6.07) is 0.557. The van der Waals surface area contributed by atoms with Crippen LogP contribution in [0.4, 0.5) is 0 Å². The highest BCUT2D eigenvalue weighted by Gasteiger charge is 2.27. The topological polar surface area (TPSA) is 67.1 Å². The second-order valence-corrected chi connectivity index (χ2v) is 8.68. The van der Waals surface area contributed by atoms with Crippen molar-refractivity contribution >= 4 is 5.96 Å². The van der Waals surface area contributed by atoms with Crippen LogP contribution in [0.2, 0.25) is 0 Å². The van der Waals surface area contributed by atoms with Crippen LogP contribution in [0.3, 0.4) is 0 Å². The molecular weight excluding hydrogens is 324 g/mol. The summed E-state index contributed by atoms with van der Waals surface area (Å²) < 4.78 is 2.35. The highest BCUT2D eigenvalue weighted by atomic mass is 15.3. The molecule has 6 nitrogen and oxygen atoms in total. The number of aliphatic imine (C=N–C) groups is 1. The van der Waals surface area contributed by atoms with Crippen LogP contribution >= 0.6 is 0 Å². The molecule has 0 atom stereocenters. The highest BCUT2D eigenvalue weighted by Crippen LogP contribution is 2.34. The third-order valence-corrected chi connectivity index (χ3v) is 5.96. The van der Waals surface area contributed by atoms with E-state index < -0.39 is 0 Å². The van der Waals surface area contributed by atoms with Gasteiger partial charge in [0.25, 0.3) is 0 Å². The van der Waals surface area contributed by atoms with Crippen LogP contribution in [-0.2, 0) is 19.4 Å². The molecule has 26 heavy (non-hydrogen) atoms. The minimum Gasteiger partial charge on any atom is -0.356 e. The van der Waals surface area contributed by atoms with Gasteiger partial charge in [-0.15, -0.1) is 10.2 Å². The third-order valence-electron chi connectivity index (χ3n) is 5.96. The second kappa shape index (κ2) is 8.87. The van der Waals surface area contributed by atoms with Crippen molar-refractivity contribution in [3.63, 3.8) is 0 Å². The molecular formula is C20H36N6. The molecule has 3 rings (SSSR count). The molecule has 1 aromatic heterocycles. The number of guanidine groups is 1. The number of fused-ring (bicyclic) bond motifs is 1. The number of aryl methyl sites for hydroxylation is 2. The van der Waals surface area contributed by atoms with Crippen LogP contribution in [0.1, 0.15) is 76.9 Å². The number of nitrogens with one attached hydrogen (secondary N) is 2. The molecule has 1 fully saturated rings. The van der Waals surface area contributed by atoms with E-state index >= 15 is 0 Å². The zero-order valence-electron chi connectivity index (χ0n) is 16.9. The zero-order valence-corrected chi connectivity index (χ0v) is 16.9. The predicted octanol–water partition coefficient (Wildman–Crippen LogP) is 3.07. The first-order valence-corrected chi connectivity index (χ1v) is 10.5. The Kier molecular flexibility index (Phi) is 6.54. The molecule has 0 bridgehead atoms. The lowest BCUT2D eigenvalue weighted by atomic mass is 9.75. The van der Waals surface area contributed by atoms with Crippen LogP contribution in [0, 0.1) is 5.41 Å². The molecule has 2 heterocycles. The molecule has 2 N–H and O–H groups in total. The Balaban J connectivity index is 1.39. The Morgan fingerprint density at radius 3 is 2.77 bits per heavy atom. The van der Waals surface area contributed by atoms with E-state index in [0.717, 1.165) is 44.1 Å². The summed E-state index contributed by atoms with van der Waals surface area (Å²) in [5, 5.41) is 15.9. The van der Waals surface area contributed by atoms with Gasteiger partial charge in [-0.3, -0.25) is 4.99 Å². The van der Waals surface area contributed by atoms with Crippen molar-refractivity contribution in [3.8, 4) is 0 Å². The van der Waals surface area contributed by atoms with Crippen molar-refractivity contribution in [2.45, 2.75) is 90.6 Å². The fourth-order valence-electron chi connectivity index (χ4n) is 4.12. The summed E-state index contributed by atoms with van der Waals surface area (Å²) in [4.78, 5) is 4.40. The Morgan fingerprint density at radius 1 is 1.19 bits per heavy atom. The van der Waals surface area contributed by atoms with E-state index in [-0.39, 0.29) is 0 Å². The first-order chi connectivity index (χ1) is 12.6. The van der Waals surface area contributed by atoms with Gasteiger partial charge in [0.2, 0.25) is 0 Å². The molecule has 1 aromatic rings. The van der Waals surface area contributed by atoms with E-state index in [2.05, 4.69) is 44.2 Å². The van der Waals surface area contributed by atoms with E-state index in [4.69, 9.17) is 0 Å². The van der Waals surface area contributed by atoms with Crippen LogP contribution in [-0.4, -0.2) is 40.4 Å². The molecule has 0 spiro atoms. The fourth-order valence-corrected chi connectivity index (χ4v) is 4.12. The summed E-state index contributed by atoms with van der Waals surface area (Å²) in [6.45, 7) is 6.76. The largest absolute Gasteiger partial charge is 0.356 e. The maximum Gasteiger partial charge on any atom is 0.191 e. The number of hydrogen-bond donors (Lipinski definition) is 2. The van der Waals surface area contributed by atoms with Gasteiger partial charge in [-0.25, -0.2) is 0 Å². The summed E-state index contributed by atoms with van der Waals surface area (Å²) in [6.07, 6.45) is 12.0. The predicted molar refractivity (Wildman–Crippen MR) is 106 cm³/mol. The Labute approximate surface area is 158 Å². The summed E-state index contributed by atoms with van der Waals surface area (Å²) in [5.74, 6) is 3.28. The Morgan fingerprint density at radius 2 is 2.00 bits per heavy atom. The molecule has 0 amide bonds. The SMILES string of the molecule is CN=C(NCCCc1nnc2n1CCCCC2)NC1CCC(C)(C)CC1. The average molecular weight is 361 g/mol. The normalized spacial score (nSPS) is 21.1. The maximum atomic E-state index is 4.42. The van der Waals surface area contributed by atoms with Crippen molar-refractivity contribution in [3.05, 3.63) is 11.6 Å². The van der Waals surface area contributed by atoms with Crippen molar-refractivity contribution < 1.29 is 0 Å². The fraction of sp³-hybridized carbons (Fsp3) is 0.850. The zero-order chi connectivity index (χ0) is 18.4. The van der Waals surface area contributed by atoms with E-state index in [1.807, 2.05) is 7.05 Å². The van der Waals surface area contributed by atoms with Crippen LogP contribution < -0.4 is 10.6 Å². The molecule has 2 aliphatic rings. The Bertz CT molecular complexity index is 593. The van der Waals surface area contributed by atoms with Crippen LogP contribution in [0.15, 0.2) is 4.99 Å². The summed E-state index contributed by atoms with van der Waals surface area (Å²) >= 11 is 0. The maximum absolute atomic E-state index is 4.42. The van der Waals surface area contributed by atoms with Gasteiger partial charge in [0.15, 0.2) is 5.96 Å². The molecule has 1 aliphatic carbocycles. The van der Waals surface area contributed by atoms with Crippen molar-refractivity contribution in [2.75, 3.05) is 13.6 Å². The standard InChI is InChI=1S/C20H36N6/c1-20(2)12-10-16(11-13-20)23-19(21-3)22-14-7-9-18-25-24-17-8-5-4-6-15-26(17)18/h16H,4-15H2,1-3H3,(H2,21,22,23). The molecule has 1 saturated carbocycles. The first kappa shape index (κ1) is 19.2. The Hall–Kier alpha value is -1.59. The number of nitrogens with zero attached hydrogens (tertiary/aromatic N) is 4. The van der Waals surface area contributed by atoms with Gasteiger partial charge in [-0.05, 0) is 50.4 Å². The lowest BCUT2D eigenvalue weighted by Gasteiger charge is -2.35. The highest BCUT2D eigenvalue weighted by molar-refractivity contribution is 5.79. The first-order valence-electron chi connectivity index (χ1n) is 10.5. The van der Waals surface area contributed by atoms with Crippen LogP contribution in [0.5, 0.6) is 0 Å². The monoisotopic (exact) mass is 360 g/mol. The van der Waals surface area contributed by atoms with Gasteiger partial charge in [-0.1, -0.05) is 20.3 Å². The number of hydrogen-bond acceptors (Lipinski definition) is 3. The molecule has 0 saturated heterocycles. The van der Waals surface area contributed by atoms with Gasteiger partial charge >= 0.3 is 0 Å². The molecule has 1 aliphatic heterocycles. The van der Waals surface area contributed by atoms with Crippen molar-refractivity contribution in [1.82, 2.24) is 25.4 Å². The third kappa shape index (κ3) is 5.21. The summed E-state index contributed by atoms with van der Waals surface area (Å²) in [7, 11) is 1.86. The number of aromatic nitrogens is 3. The molecule has 0 aromatic carbocycles. The van der Waals surface area contributed by atoms with Crippen LogP contribution in [0.25, 0.3) is 0 Å².